The molecule has 2 rings (SSSR count). The molecule has 0 unspecified atom stereocenters. The fourth-order valence-corrected chi connectivity index (χ4v) is 1.87. The molecule has 0 heterocycles. The van der Waals surface area contributed by atoms with E-state index in [1.54, 1.807) is 18.2 Å². The number of hydrogen-bond acceptors (Lipinski definition) is 4. The van der Waals surface area contributed by atoms with Crippen LogP contribution in [0.25, 0.3) is 5.70 Å². The molecule has 0 aliphatic heterocycles. The lowest BCUT2D eigenvalue weighted by Crippen LogP contribution is -1.95. The Kier molecular flexibility index (Phi) is 4.14. The zero-order valence-electron chi connectivity index (χ0n) is 10.0. The van der Waals surface area contributed by atoms with Crippen molar-refractivity contribution in [1.82, 2.24) is 0 Å². The number of carbonyl (C=O) groups excluding carboxylic acids is 2. The van der Waals surface area contributed by atoms with Gasteiger partial charge in [-0.2, -0.15) is 9.98 Å². The summed E-state index contributed by atoms with van der Waals surface area (Å²) in [5.74, 6) is 0. The third-order valence-electron chi connectivity index (χ3n) is 2.68. The maximum absolute atomic E-state index is 10.6. The van der Waals surface area contributed by atoms with E-state index in [1.165, 1.54) is 6.08 Å². The zero-order valence-corrected chi connectivity index (χ0v) is 10.0. The maximum Gasteiger partial charge on any atom is 0.240 e. The van der Waals surface area contributed by atoms with Gasteiger partial charge in [0.1, 0.15) is 0 Å². The van der Waals surface area contributed by atoms with Gasteiger partial charge in [-0.3, -0.25) is 0 Å². The lowest BCUT2D eigenvalue weighted by Gasteiger charge is -2.11. The van der Waals surface area contributed by atoms with E-state index in [1.807, 2.05) is 36.4 Å². The fourth-order valence-electron chi connectivity index (χ4n) is 1.87. The van der Waals surface area contributed by atoms with Crippen molar-refractivity contribution in [3.8, 4) is 0 Å². The molecule has 0 radical (unpaired) electrons. The highest BCUT2D eigenvalue weighted by molar-refractivity contribution is 5.76. The van der Waals surface area contributed by atoms with Crippen LogP contribution in [0.15, 0.2) is 69.8 Å². The summed E-state index contributed by atoms with van der Waals surface area (Å²) in [6, 6.07) is 9.24. The van der Waals surface area contributed by atoms with Crippen LogP contribution >= 0.6 is 0 Å². The highest BCUT2D eigenvalue weighted by atomic mass is 16.1. The summed E-state index contributed by atoms with van der Waals surface area (Å²) in [6.45, 7) is 0. The van der Waals surface area contributed by atoms with Gasteiger partial charge in [0.2, 0.25) is 12.2 Å². The number of isocyanates is 2. The predicted molar refractivity (Wildman–Crippen MR) is 71.4 cm³/mol. The predicted octanol–water partition coefficient (Wildman–Crippen LogP) is 2.91. The van der Waals surface area contributed by atoms with Gasteiger partial charge in [0, 0.05) is 11.1 Å². The Morgan fingerprint density at radius 3 is 2.58 bits per heavy atom. The molecule has 0 aromatic heterocycles. The lowest BCUT2D eigenvalue weighted by molar-refractivity contribution is 0.564. The van der Waals surface area contributed by atoms with E-state index < -0.39 is 0 Å². The summed E-state index contributed by atoms with van der Waals surface area (Å²) in [7, 11) is 0. The van der Waals surface area contributed by atoms with Crippen molar-refractivity contribution in [2.24, 2.45) is 9.98 Å². The van der Waals surface area contributed by atoms with Crippen molar-refractivity contribution in [2.45, 2.75) is 6.42 Å². The molecule has 0 fully saturated rings. The van der Waals surface area contributed by atoms with Crippen molar-refractivity contribution in [3.63, 3.8) is 0 Å². The molecule has 1 aromatic carbocycles. The molecule has 0 saturated heterocycles. The molecule has 1 aromatic rings. The highest BCUT2D eigenvalue weighted by Crippen LogP contribution is 2.30. The Labute approximate surface area is 110 Å². The summed E-state index contributed by atoms with van der Waals surface area (Å²) in [6.07, 6.45) is 9.01. The van der Waals surface area contributed by atoms with Crippen LogP contribution in [-0.4, -0.2) is 12.2 Å². The average Bonchev–Trinajstić information content (AvgIpc) is 2.47. The first kappa shape index (κ1) is 12.7. The van der Waals surface area contributed by atoms with E-state index in [9.17, 15) is 9.59 Å². The minimum Gasteiger partial charge on any atom is -0.211 e. The molecule has 0 spiro atoms. The molecule has 0 bridgehead atoms. The van der Waals surface area contributed by atoms with Crippen LogP contribution < -0.4 is 0 Å². The number of hydrogen-bond donors (Lipinski definition) is 0. The Morgan fingerprint density at radius 2 is 1.89 bits per heavy atom. The van der Waals surface area contributed by atoms with E-state index in [0.29, 0.717) is 23.4 Å². The van der Waals surface area contributed by atoms with Crippen molar-refractivity contribution >= 4 is 17.9 Å². The van der Waals surface area contributed by atoms with E-state index in [-0.39, 0.29) is 0 Å². The van der Waals surface area contributed by atoms with Crippen LogP contribution in [0.4, 0.5) is 0 Å². The standard InChI is InChI=1S/C15H10N2O2/c18-10-16-14-9-5-4-8-13(14)15(17-11-19)12-6-2-1-3-7-12/h1-7,9H,8H2. The van der Waals surface area contributed by atoms with Crippen molar-refractivity contribution in [3.05, 3.63) is 65.4 Å². The molecule has 4 nitrogen and oxygen atoms in total. The molecule has 0 amide bonds. The number of allylic oxidation sites excluding steroid dienone is 4. The molecule has 0 atom stereocenters. The van der Waals surface area contributed by atoms with Gasteiger partial charge in [-0.1, -0.05) is 42.5 Å². The summed E-state index contributed by atoms with van der Waals surface area (Å²) >= 11 is 0. The third-order valence-corrected chi connectivity index (χ3v) is 2.68. The van der Waals surface area contributed by atoms with Crippen LogP contribution in [0.5, 0.6) is 0 Å². The van der Waals surface area contributed by atoms with Gasteiger partial charge in [-0.15, -0.1) is 0 Å². The Morgan fingerprint density at radius 1 is 1.11 bits per heavy atom. The Balaban J connectivity index is 2.63. The van der Waals surface area contributed by atoms with Crippen LogP contribution in [0.1, 0.15) is 12.0 Å². The average molecular weight is 250 g/mol. The minimum atomic E-state index is 0.468. The van der Waals surface area contributed by atoms with E-state index in [2.05, 4.69) is 9.98 Å². The molecule has 1 aliphatic rings. The second-order valence-electron chi connectivity index (χ2n) is 3.78. The number of aliphatic imine (C=N–C) groups is 2. The number of benzene rings is 1. The second-order valence-corrected chi connectivity index (χ2v) is 3.78. The molecule has 19 heavy (non-hydrogen) atoms. The van der Waals surface area contributed by atoms with Gasteiger partial charge in [-0.05, 0) is 12.5 Å². The normalized spacial score (nSPS) is 15.9. The topological polar surface area (TPSA) is 58.9 Å². The zero-order chi connectivity index (χ0) is 13.5. The molecule has 92 valence electrons. The van der Waals surface area contributed by atoms with Crippen molar-refractivity contribution in [2.75, 3.05) is 0 Å². The quantitative estimate of drug-likeness (QED) is 0.611. The van der Waals surface area contributed by atoms with Gasteiger partial charge in [0.05, 0.1) is 11.4 Å². The fraction of sp³-hybridized carbons (Fsp3) is 0.0667. The minimum absolute atomic E-state index is 0.468. The van der Waals surface area contributed by atoms with Crippen LogP contribution in [0.2, 0.25) is 0 Å². The molecule has 4 heteroatoms. The van der Waals surface area contributed by atoms with E-state index in [0.717, 1.165) is 5.56 Å². The van der Waals surface area contributed by atoms with Crippen LogP contribution in [0, 0.1) is 0 Å². The number of rotatable bonds is 3. The summed E-state index contributed by atoms with van der Waals surface area (Å²) in [5, 5.41) is 0. The monoisotopic (exact) mass is 250 g/mol. The first-order valence-corrected chi connectivity index (χ1v) is 5.68. The van der Waals surface area contributed by atoms with Gasteiger partial charge in [0.25, 0.3) is 0 Å². The van der Waals surface area contributed by atoms with Gasteiger partial charge >= 0.3 is 0 Å². The van der Waals surface area contributed by atoms with Gasteiger partial charge < -0.3 is 0 Å². The van der Waals surface area contributed by atoms with Crippen LogP contribution in [0.3, 0.4) is 0 Å². The van der Waals surface area contributed by atoms with Crippen LogP contribution in [-0.2, 0) is 9.59 Å². The smallest absolute Gasteiger partial charge is 0.211 e. The van der Waals surface area contributed by atoms with Crippen molar-refractivity contribution < 1.29 is 9.59 Å². The SMILES string of the molecule is O=C=NC1=CC=CCC1=C(N=C=O)c1ccccc1. The molecule has 0 N–H and O–H groups in total. The maximum atomic E-state index is 10.6. The van der Waals surface area contributed by atoms with Crippen molar-refractivity contribution in [1.29, 1.82) is 0 Å². The van der Waals surface area contributed by atoms with E-state index in [4.69, 9.17) is 0 Å². The third kappa shape index (κ3) is 2.90. The number of nitrogens with zero attached hydrogens (tertiary/aromatic N) is 2. The molecular weight excluding hydrogens is 240 g/mol. The molecular formula is C15H10N2O2. The Bertz CT molecular complexity index is 657. The summed E-state index contributed by atoms with van der Waals surface area (Å²) in [5.41, 5.74) is 2.43. The first-order valence-electron chi connectivity index (χ1n) is 5.68. The summed E-state index contributed by atoms with van der Waals surface area (Å²) < 4.78 is 0. The highest BCUT2D eigenvalue weighted by Gasteiger charge is 2.14. The van der Waals surface area contributed by atoms with E-state index >= 15 is 0 Å². The lowest BCUT2D eigenvalue weighted by atomic mass is 9.98. The Hall–Kier alpha value is -2.80. The molecule has 1 aliphatic carbocycles. The van der Waals surface area contributed by atoms with Gasteiger partial charge in [-0.25, -0.2) is 9.59 Å². The molecule has 0 saturated carbocycles. The van der Waals surface area contributed by atoms with Gasteiger partial charge in [0.15, 0.2) is 0 Å². The second kappa shape index (κ2) is 6.22. The first-order chi connectivity index (χ1) is 9.36. The largest absolute Gasteiger partial charge is 0.240 e. The summed E-state index contributed by atoms with van der Waals surface area (Å²) in [4.78, 5) is 28.5.